The number of aromatic nitrogens is 1. The molecule has 2 aliphatic heterocycles. The lowest BCUT2D eigenvalue weighted by Gasteiger charge is -2.31. The van der Waals surface area contributed by atoms with Crippen molar-refractivity contribution in [2.45, 2.75) is 25.2 Å². The maximum atomic E-state index is 13.4. The fraction of sp³-hybridized carbons (Fsp3) is 0.417. The summed E-state index contributed by atoms with van der Waals surface area (Å²) in [6.07, 6.45) is 2.19. The molecule has 3 heterocycles. The highest BCUT2D eigenvalue weighted by molar-refractivity contribution is 5.85. The summed E-state index contributed by atoms with van der Waals surface area (Å²) in [7, 11) is 0. The topological polar surface area (TPSA) is 86.1 Å². The van der Waals surface area contributed by atoms with E-state index in [9.17, 15) is 9.18 Å². The molecular formula is C24H26FN3O5. The first-order valence-corrected chi connectivity index (χ1v) is 11.3. The molecule has 0 unspecified atom stereocenters. The molecule has 0 aliphatic carbocycles. The number of piperidine rings is 1. The number of carbonyl (C=O) groups is 1. The molecule has 0 radical (unpaired) electrons. The Morgan fingerprint density at radius 1 is 1.12 bits per heavy atom. The first-order valence-electron chi connectivity index (χ1n) is 11.3. The quantitative estimate of drug-likeness (QED) is 0.546. The Hall–Kier alpha value is -3.33. The van der Waals surface area contributed by atoms with Crippen LogP contribution in [0.25, 0.3) is 11.0 Å². The van der Waals surface area contributed by atoms with Crippen molar-refractivity contribution in [2.24, 2.45) is 0 Å². The lowest BCUT2D eigenvalue weighted by Crippen LogP contribution is -2.34. The van der Waals surface area contributed by atoms with Gasteiger partial charge in [-0.1, -0.05) is 5.16 Å². The van der Waals surface area contributed by atoms with E-state index in [1.165, 1.54) is 12.1 Å². The maximum Gasteiger partial charge on any atom is 0.411 e. The Morgan fingerprint density at radius 2 is 1.94 bits per heavy atom. The van der Waals surface area contributed by atoms with Crippen LogP contribution < -0.4 is 14.8 Å². The molecule has 8 nitrogen and oxygen atoms in total. The first kappa shape index (κ1) is 21.5. The summed E-state index contributed by atoms with van der Waals surface area (Å²) in [6.45, 7) is 4.09. The normalized spacial score (nSPS) is 16.6. The maximum absolute atomic E-state index is 13.4. The van der Waals surface area contributed by atoms with Gasteiger partial charge in [0.15, 0.2) is 17.1 Å². The van der Waals surface area contributed by atoms with E-state index >= 15 is 0 Å². The van der Waals surface area contributed by atoms with Crippen LogP contribution in [0.1, 0.15) is 30.9 Å². The summed E-state index contributed by atoms with van der Waals surface area (Å²) < 4.78 is 35.0. The van der Waals surface area contributed by atoms with Crippen LogP contribution in [0.5, 0.6) is 11.5 Å². The average Bonchev–Trinajstić information content (AvgIpc) is 3.25. The van der Waals surface area contributed by atoms with Crippen molar-refractivity contribution < 1.29 is 27.9 Å². The van der Waals surface area contributed by atoms with Crippen LogP contribution in [0.3, 0.4) is 0 Å². The smallest absolute Gasteiger partial charge is 0.411 e. The molecule has 9 heteroatoms. The number of fused-ring (bicyclic) bond motifs is 2. The Kier molecular flexibility index (Phi) is 6.30. The van der Waals surface area contributed by atoms with Crippen LogP contribution in [0, 0.1) is 5.82 Å². The Balaban J connectivity index is 1.02. The second kappa shape index (κ2) is 9.66. The van der Waals surface area contributed by atoms with Gasteiger partial charge in [0.2, 0.25) is 0 Å². The Morgan fingerprint density at radius 3 is 2.79 bits per heavy atom. The number of hydrogen-bond acceptors (Lipinski definition) is 7. The molecule has 1 N–H and O–H groups in total. The molecular weight excluding hydrogens is 429 g/mol. The standard InChI is InChI=1S/C24H26FN3O5/c25-17-2-4-19-21(14-17)33-27-23(19)16-6-9-28(10-7-16)8-1-11-32-24(29)26-18-3-5-20-22(15-18)31-13-12-30-20/h2-5,14-16H,1,6-13H2,(H,26,29). The van der Waals surface area contributed by atoms with E-state index in [-0.39, 0.29) is 5.82 Å². The summed E-state index contributed by atoms with van der Waals surface area (Å²) in [5.74, 6) is 1.28. The second-order valence-corrected chi connectivity index (χ2v) is 8.30. The van der Waals surface area contributed by atoms with Gasteiger partial charge in [-0.3, -0.25) is 5.32 Å². The number of carbonyl (C=O) groups excluding carboxylic acids is 1. The number of nitrogens with zero attached hydrogens (tertiary/aromatic N) is 2. The first-order chi connectivity index (χ1) is 16.2. The molecule has 0 saturated carbocycles. The summed E-state index contributed by atoms with van der Waals surface area (Å²) in [6, 6.07) is 9.83. The molecule has 1 aromatic heterocycles. The number of amides is 1. The number of rotatable bonds is 6. The van der Waals surface area contributed by atoms with E-state index < -0.39 is 6.09 Å². The van der Waals surface area contributed by atoms with Crippen molar-refractivity contribution in [1.82, 2.24) is 10.1 Å². The van der Waals surface area contributed by atoms with Crippen molar-refractivity contribution >= 4 is 22.7 Å². The van der Waals surface area contributed by atoms with Gasteiger partial charge >= 0.3 is 6.09 Å². The monoisotopic (exact) mass is 455 g/mol. The van der Waals surface area contributed by atoms with Gasteiger partial charge in [0.05, 0.1) is 12.3 Å². The number of likely N-dealkylation sites (tertiary alicyclic amines) is 1. The number of hydrogen-bond donors (Lipinski definition) is 1. The summed E-state index contributed by atoms with van der Waals surface area (Å²) in [5.41, 5.74) is 2.03. The molecule has 0 spiro atoms. The van der Waals surface area contributed by atoms with Crippen LogP contribution >= 0.6 is 0 Å². The molecule has 0 bridgehead atoms. The van der Waals surface area contributed by atoms with Crippen LogP contribution in [0.4, 0.5) is 14.9 Å². The van der Waals surface area contributed by atoms with E-state index in [1.54, 1.807) is 24.3 Å². The zero-order valence-corrected chi connectivity index (χ0v) is 18.2. The molecule has 5 rings (SSSR count). The number of ether oxygens (including phenoxy) is 3. The van der Waals surface area contributed by atoms with Crippen molar-refractivity contribution in [3.05, 3.63) is 47.9 Å². The summed E-state index contributed by atoms with van der Waals surface area (Å²) in [4.78, 5) is 14.4. The van der Waals surface area contributed by atoms with E-state index in [1.807, 2.05) is 0 Å². The van der Waals surface area contributed by atoms with Gasteiger partial charge in [-0.25, -0.2) is 9.18 Å². The molecule has 33 heavy (non-hydrogen) atoms. The fourth-order valence-electron chi connectivity index (χ4n) is 4.38. The summed E-state index contributed by atoms with van der Waals surface area (Å²) in [5, 5.41) is 7.81. The highest BCUT2D eigenvalue weighted by atomic mass is 19.1. The van der Waals surface area contributed by atoms with Gasteiger partial charge in [0.25, 0.3) is 0 Å². The van der Waals surface area contributed by atoms with Gasteiger partial charge < -0.3 is 23.6 Å². The van der Waals surface area contributed by atoms with Crippen LogP contribution in [0.15, 0.2) is 40.9 Å². The van der Waals surface area contributed by atoms with E-state index in [0.717, 1.165) is 50.0 Å². The summed E-state index contributed by atoms with van der Waals surface area (Å²) >= 11 is 0. The predicted molar refractivity (Wildman–Crippen MR) is 119 cm³/mol. The van der Waals surface area contributed by atoms with Crippen molar-refractivity contribution in [3.8, 4) is 11.5 Å². The van der Waals surface area contributed by atoms with Crippen molar-refractivity contribution in [3.63, 3.8) is 0 Å². The molecule has 2 aromatic carbocycles. The molecule has 2 aliphatic rings. The molecule has 1 amide bonds. The van der Waals surface area contributed by atoms with Gasteiger partial charge in [-0.2, -0.15) is 0 Å². The fourth-order valence-corrected chi connectivity index (χ4v) is 4.38. The zero-order valence-electron chi connectivity index (χ0n) is 18.2. The minimum Gasteiger partial charge on any atom is -0.486 e. The van der Waals surface area contributed by atoms with Crippen LogP contribution in [0.2, 0.25) is 0 Å². The number of benzene rings is 2. The van der Waals surface area contributed by atoms with Crippen LogP contribution in [-0.2, 0) is 4.74 Å². The third-order valence-corrected chi connectivity index (χ3v) is 6.08. The molecule has 3 aromatic rings. The Labute approximate surface area is 190 Å². The van der Waals surface area contributed by atoms with Crippen molar-refractivity contribution in [2.75, 3.05) is 44.8 Å². The van der Waals surface area contributed by atoms with E-state index in [2.05, 4.69) is 15.4 Å². The van der Waals surface area contributed by atoms with Gasteiger partial charge in [0.1, 0.15) is 19.0 Å². The van der Waals surface area contributed by atoms with E-state index in [4.69, 9.17) is 18.7 Å². The molecule has 0 atom stereocenters. The number of halogens is 1. The predicted octanol–water partition coefficient (Wildman–Crippen LogP) is 4.56. The second-order valence-electron chi connectivity index (χ2n) is 8.30. The number of nitrogens with one attached hydrogen (secondary N) is 1. The lowest BCUT2D eigenvalue weighted by molar-refractivity contribution is 0.145. The number of anilines is 1. The zero-order chi connectivity index (χ0) is 22.6. The highest BCUT2D eigenvalue weighted by Crippen LogP contribution is 2.33. The molecule has 1 saturated heterocycles. The van der Waals surface area contributed by atoms with Crippen molar-refractivity contribution in [1.29, 1.82) is 0 Å². The van der Waals surface area contributed by atoms with Gasteiger partial charge in [0, 0.05) is 35.7 Å². The third kappa shape index (κ3) is 5.03. The third-order valence-electron chi connectivity index (χ3n) is 6.08. The molecule has 1 fully saturated rings. The minimum absolute atomic E-state index is 0.306. The average molecular weight is 455 g/mol. The SMILES string of the molecule is O=C(Nc1ccc2c(c1)OCCO2)OCCCN1CCC(c2noc3cc(F)ccc23)CC1. The minimum atomic E-state index is -0.486. The van der Waals surface area contributed by atoms with Gasteiger partial charge in [-0.15, -0.1) is 0 Å². The largest absolute Gasteiger partial charge is 0.486 e. The highest BCUT2D eigenvalue weighted by Gasteiger charge is 2.25. The molecule has 174 valence electrons. The van der Waals surface area contributed by atoms with Gasteiger partial charge in [-0.05, 0) is 56.6 Å². The van der Waals surface area contributed by atoms with E-state index in [0.29, 0.717) is 48.5 Å². The lowest BCUT2D eigenvalue weighted by atomic mass is 9.91. The van der Waals surface area contributed by atoms with Crippen LogP contribution in [-0.4, -0.2) is 55.6 Å². The Bertz CT molecular complexity index is 1130.